The molecule has 0 radical (unpaired) electrons. The molecule has 1 aliphatic heterocycles. The number of carbonyl (C=O) groups is 1. The van der Waals surface area contributed by atoms with E-state index in [1.807, 2.05) is 47.4 Å². The van der Waals surface area contributed by atoms with Crippen LogP contribution in [0.3, 0.4) is 0 Å². The summed E-state index contributed by atoms with van der Waals surface area (Å²) in [5.41, 5.74) is 4.51. The van der Waals surface area contributed by atoms with E-state index in [0.29, 0.717) is 0 Å². The summed E-state index contributed by atoms with van der Waals surface area (Å²) in [6.07, 6.45) is 2.73. The number of pyridine rings is 1. The first kappa shape index (κ1) is 19.2. The minimum absolute atomic E-state index is 0.0158. The average Bonchev–Trinajstić information content (AvgIpc) is 3.25. The zero-order valence-electron chi connectivity index (χ0n) is 16.8. The molecule has 0 spiro atoms. The fourth-order valence-electron chi connectivity index (χ4n) is 3.81. The van der Waals surface area contributed by atoms with E-state index >= 15 is 0 Å². The smallest absolute Gasteiger partial charge is 0.261 e. The second kappa shape index (κ2) is 8.91. The lowest BCUT2D eigenvalue weighted by Gasteiger charge is -2.24. The van der Waals surface area contributed by atoms with Crippen LogP contribution < -0.4 is 4.74 Å². The third-order valence-corrected chi connectivity index (χ3v) is 5.35. The van der Waals surface area contributed by atoms with Crippen molar-refractivity contribution in [1.82, 2.24) is 9.88 Å². The number of hydrogen-bond acceptors (Lipinski definition) is 3. The number of amides is 1. The molecule has 1 aliphatic rings. The Morgan fingerprint density at radius 2 is 1.83 bits per heavy atom. The first-order chi connectivity index (χ1) is 14.2. The lowest BCUT2D eigenvalue weighted by molar-refractivity contribution is -0.134. The molecule has 0 N–H and O–H groups in total. The predicted molar refractivity (Wildman–Crippen MR) is 114 cm³/mol. The van der Waals surface area contributed by atoms with Gasteiger partial charge >= 0.3 is 0 Å². The highest BCUT2D eigenvalue weighted by Gasteiger charge is 2.31. The standard InChI is InChI=1S/C25H26N2O2/c1-19-12-14-20(15-13-19)17-21-7-5-10-23(26-21)24-11-6-16-27(24)25(28)18-29-22-8-3-2-4-9-22/h2-5,7-10,12-15,24H,6,11,16-18H2,1H3. The molecule has 2 aromatic carbocycles. The first-order valence-electron chi connectivity index (χ1n) is 10.2. The van der Waals surface area contributed by atoms with Gasteiger partial charge in [-0.1, -0.05) is 54.1 Å². The van der Waals surface area contributed by atoms with Gasteiger partial charge in [0.05, 0.1) is 11.7 Å². The Kier molecular flexibility index (Phi) is 5.89. The first-order valence-corrected chi connectivity index (χ1v) is 10.2. The van der Waals surface area contributed by atoms with Gasteiger partial charge in [-0.2, -0.15) is 0 Å². The molecular formula is C25H26N2O2. The van der Waals surface area contributed by atoms with Crippen molar-refractivity contribution in [3.05, 3.63) is 95.3 Å². The minimum atomic E-state index is 0.0158. The highest BCUT2D eigenvalue weighted by molar-refractivity contribution is 5.78. The molecule has 0 bridgehead atoms. The van der Waals surface area contributed by atoms with Crippen molar-refractivity contribution < 1.29 is 9.53 Å². The fraction of sp³-hybridized carbons (Fsp3) is 0.280. The lowest BCUT2D eigenvalue weighted by Crippen LogP contribution is -2.34. The van der Waals surface area contributed by atoms with Gasteiger partial charge in [-0.15, -0.1) is 0 Å². The zero-order valence-corrected chi connectivity index (χ0v) is 16.8. The Morgan fingerprint density at radius 1 is 1.03 bits per heavy atom. The van der Waals surface area contributed by atoms with Crippen molar-refractivity contribution in [3.63, 3.8) is 0 Å². The summed E-state index contributed by atoms with van der Waals surface area (Å²) in [5, 5.41) is 0. The monoisotopic (exact) mass is 386 g/mol. The highest BCUT2D eigenvalue weighted by atomic mass is 16.5. The van der Waals surface area contributed by atoms with Crippen LogP contribution in [0.5, 0.6) is 5.75 Å². The summed E-state index contributed by atoms with van der Waals surface area (Å²) in [5.74, 6) is 0.733. The summed E-state index contributed by atoms with van der Waals surface area (Å²) < 4.78 is 5.67. The van der Waals surface area contributed by atoms with Crippen LogP contribution in [-0.4, -0.2) is 28.9 Å². The number of benzene rings is 2. The van der Waals surface area contributed by atoms with Gasteiger partial charge in [0, 0.05) is 18.7 Å². The lowest BCUT2D eigenvalue weighted by atomic mass is 10.1. The SMILES string of the molecule is Cc1ccc(Cc2cccc(C3CCCN3C(=O)COc3ccccc3)n2)cc1. The van der Waals surface area contributed by atoms with Crippen LogP contribution in [0.1, 0.15) is 41.4 Å². The molecule has 4 rings (SSSR count). The molecular weight excluding hydrogens is 360 g/mol. The van der Waals surface area contributed by atoms with E-state index in [1.54, 1.807) is 0 Å². The Labute approximate surface area is 172 Å². The number of carbonyl (C=O) groups excluding carboxylic acids is 1. The van der Waals surface area contributed by atoms with Crippen LogP contribution in [0, 0.1) is 6.92 Å². The van der Waals surface area contributed by atoms with Crippen molar-refractivity contribution in [2.75, 3.05) is 13.2 Å². The van der Waals surface area contributed by atoms with Crippen molar-refractivity contribution >= 4 is 5.91 Å². The van der Waals surface area contributed by atoms with Crippen molar-refractivity contribution in [3.8, 4) is 5.75 Å². The molecule has 1 amide bonds. The van der Waals surface area contributed by atoms with Crippen LogP contribution in [0.25, 0.3) is 0 Å². The van der Waals surface area contributed by atoms with Crippen molar-refractivity contribution in [2.45, 2.75) is 32.2 Å². The molecule has 2 heterocycles. The maximum Gasteiger partial charge on any atom is 0.261 e. The van der Waals surface area contributed by atoms with Crippen LogP contribution in [0.2, 0.25) is 0 Å². The second-order valence-corrected chi connectivity index (χ2v) is 7.56. The Morgan fingerprint density at radius 3 is 2.62 bits per heavy atom. The number of nitrogens with zero attached hydrogens (tertiary/aromatic N) is 2. The normalized spacial score (nSPS) is 16.0. The Bertz CT molecular complexity index is 954. The van der Waals surface area contributed by atoms with E-state index in [9.17, 15) is 4.79 Å². The van der Waals surface area contributed by atoms with Crippen LogP contribution in [0.15, 0.2) is 72.8 Å². The van der Waals surface area contributed by atoms with Gasteiger partial charge in [0.15, 0.2) is 6.61 Å². The van der Waals surface area contributed by atoms with Gasteiger partial charge in [-0.3, -0.25) is 9.78 Å². The van der Waals surface area contributed by atoms with Gasteiger partial charge in [-0.25, -0.2) is 0 Å². The van der Waals surface area contributed by atoms with Gasteiger partial charge in [0.2, 0.25) is 0 Å². The van der Waals surface area contributed by atoms with Gasteiger partial charge in [0.1, 0.15) is 5.75 Å². The Hall–Kier alpha value is -3.14. The third kappa shape index (κ3) is 4.83. The number of aromatic nitrogens is 1. The number of likely N-dealkylation sites (tertiary alicyclic amines) is 1. The molecule has 0 aliphatic carbocycles. The molecule has 1 atom stereocenters. The van der Waals surface area contributed by atoms with E-state index in [2.05, 4.69) is 37.3 Å². The topological polar surface area (TPSA) is 42.4 Å². The van der Waals surface area contributed by atoms with E-state index in [4.69, 9.17) is 9.72 Å². The number of hydrogen-bond donors (Lipinski definition) is 0. The second-order valence-electron chi connectivity index (χ2n) is 7.56. The maximum atomic E-state index is 12.8. The summed E-state index contributed by atoms with van der Waals surface area (Å²) >= 11 is 0. The van der Waals surface area contributed by atoms with Gasteiger partial charge in [-0.05, 0) is 49.6 Å². The quantitative estimate of drug-likeness (QED) is 0.615. The molecule has 1 aromatic heterocycles. The summed E-state index contributed by atoms with van der Waals surface area (Å²) in [7, 11) is 0. The third-order valence-electron chi connectivity index (χ3n) is 5.35. The van der Waals surface area contributed by atoms with E-state index < -0.39 is 0 Å². The number of rotatable bonds is 6. The fourth-order valence-corrected chi connectivity index (χ4v) is 3.81. The van der Waals surface area contributed by atoms with Crippen molar-refractivity contribution in [2.24, 2.45) is 0 Å². The molecule has 3 aromatic rings. The van der Waals surface area contributed by atoms with Crippen LogP contribution in [0.4, 0.5) is 0 Å². The molecule has 1 fully saturated rings. The number of aryl methyl sites for hydroxylation is 1. The predicted octanol–water partition coefficient (Wildman–Crippen LogP) is 4.72. The molecule has 4 nitrogen and oxygen atoms in total. The largest absolute Gasteiger partial charge is 0.484 e. The average molecular weight is 386 g/mol. The van der Waals surface area contributed by atoms with Gasteiger partial charge < -0.3 is 9.64 Å². The van der Waals surface area contributed by atoms with Crippen LogP contribution >= 0.6 is 0 Å². The molecule has 148 valence electrons. The van der Waals surface area contributed by atoms with E-state index in [-0.39, 0.29) is 18.6 Å². The summed E-state index contributed by atoms with van der Waals surface area (Å²) in [6, 6.07) is 24.2. The number of para-hydroxylation sites is 1. The zero-order chi connectivity index (χ0) is 20.1. The van der Waals surface area contributed by atoms with Crippen LogP contribution in [-0.2, 0) is 11.2 Å². The van der Waals surface area contributed by atoms with E-state index in [0.717, 1.165) is 42.9 Å². The minimum Gasteiger partial charge on any atom is -0.484 e. The molecule has 1 saturated heterocycles. The molecule has 29 heavy (non-hydrogen) atoms. The molecule has 4 heteroatoms. The number of ether oxygens (including phenoxy) is 1. The van der Waals surface area contributed by atoms with Gasteiger partial charge in [0.25, 0.3) is 5.91 Å². The van der Waals surface area contributed by atoms with E-state index in [1.165, 1.54) is 11.1 Å². The summed E-state index contributed by atoms with van der Waals surface area (Å²) in [4.78, 5) is 19.6. The van der Waals surface area contributed by atoms with Crippen molar-refractivity contribution in [1.29, 1.82) is 0 Å². The Balaban J connectivity index is 1.44. The molecule has 0 saturated carbocycles. The molecule has 1 unspecified atom stereocenters. The summed E-state index contributed by atoms with van der Waals surface area (Å²) in [6.45, 7) is 2.91. The highest BCUT2D eigenvalue weighted by Crippen LogP contribution is 2.31. The maximum absolute atomic E-state index is 12.8.